The van der Waals surface area contributed by atoms with Crippen molar-refractivity contribution in [3.05, 3.63) is 40.4 Å². The molecule has 0 bridgehead atoms. The van der Waals surface area contributed by atoms with Crippen LogP contribution in [0.25, 0.3) is 0 Å². The summed E-state index contributed by atoms with van der Waals surface area (Å²) in [5.41, 5.74) is 0. The van der Waals surface area contributed by atoms with Gasteiger partial charge in [0.15, 0.2) is 11.0 Å². The molecule has 1 N–H and O–H groups in total. The van der Waals surface area contributed by atoms with E-state index in [0.717, 1.165) is 12.3 Å². The summed E-state index contributed by atoms with van der Waals surface area (Å²) in [6.45, 7) is 0. The molecule has 0 aliphatic carbocycles. The molecule has 21 heavy (non-hydrogen) atoms. The Hall–Kier alpha value is -1.64. The van der Waals surface area contributed by atoms with Crippen LogP contribution in [0.15, 0.2) is 29.3 Å². The van der Waals surface area contributed by atoms with Gasteiger partial charge in [-0.15, -0.1) is 0 Å². The fraction of sp³-hybridized carbons (Fsp3) is 0.0909. The minimum atomic E-state index is -4.25. The summed E-state index contributed by atoms with van der Waals surface area (Å²) < 4.78 is 45.1. The van der Waals surface area contributed by atoms with Crippen LogP contribution in [0.2, 0.25) is 10.2 Å². The van der Waals surface area contributed by atoms with Crippen LogP contribution in [-0.2, 0) is 10.0 Å². The number of rotatable bonds is 4. The number of nitrogens with one attached hydrogen (secondary N) is 1. The van der Waals surface area contributed by atoms with Crippen LogP contribution in [0.1, 0.15) is 0 Å². The third-order valence-electron chi connectivity index (χ3n) is 2.34. The molecule has 0 saturated heterocycles. The second-order valence-electron chi connectivity index (χ2n) is 3.71. The SMILES string of the molecule is COc1nc(Cl)cnc1NS(=O)(=O)c1cccc(Cl)c1F. The molecule has 6 nitrogen and oxygen atoms in total. The van der Waals surface area contributed by atoms with Crippen molar-refractivity contribution in [2.45, 2.75) is 4.90 Å². The molecule has 112 valence electrons. The Morgan fingerprint density at radius 3 is 2.71 bits per heavy atom. The first-order valence-corrected chi connectivity index (χ1v) is 7.62. The maximum Gasteiger partial charge on any atom is 0.266 e. The Bertz CT molecular complexity index is 786. The Kier molecular flexibility index (Phi) is 4.50. The fourth-order valence-corrected chi connectivity index (χ4v) is 2.90. The van der Waals surface area contributed by atoms with E-state index in [1.807, 2.05) is 0 Å². The Morgan fingerprint density at radius 1 is 1.33 bits per heavy atom. The molecule has 2 aromatic rings. The molecule has 0 aliphatic rings. The Balaban J connectivity index is 2.45. The highest BCUT2D eigenvalue weighted by Crippen LogP contribution is 2.26. The second-order valence-corrected chi connectivity index (χ2v) is 6.15. The van der Waals surface area contributed by atoms with Crippen LogP contribution in [0.5, 0.6) is 5.88 Å². The lowest BCUT2D eigenvalue weighted by molar-refractivity contribution is 0.398. The van der Waals surface area contributed by atoms with Crippen LogP contribution >= 0.6 is 23.2 Å². The number of methoxy groups -OCH3 is 1. The average molecular weight is 352 g/mol. The van der Waals surface area contributed by atoms with Gasteiger partial charge in [-0.1, -0.05) is 29.3 Å². The lowest BCUT2D eigenvalue weighted by atomic mass is 10.3. The van der Waals surface area contributed by atoms with Crippen molar-refractivity contribution in [2.24, 2.45) is 0 Å². The monoisotopic (exact) mass is 351 g/mol. The van der Waals surface area contributed by atoms with Crippen LogP contribution in [0.3, 0.4) is 0 Å². The second kappa shape index (κ2) is 6.00. The molecular formula is C11H8Cl2FN3O3S. The van der Waals surface area contributed by atoms with Gasteiger partial charge in [-0.3, -0.25) is 4.72 Å². The first-order valence-electron chi connectivity index (χ1n) is 5.38. The topological polar surface area (TPSA) is 81.2 Å². The third kappa shape index (κ3) is 3.34. The van der Waals surface area contributed by atoms with E-state index in [1.165, 1.54) is 19.2 Å². The normalized spacial score (nSPS) is 11.2. The highest BCUT2D eigenvalue weighted by atomic mass is 35.5. The molecular weight excluding hydrogens is 344 g/mol. The minimum absolute atomic E-state index is 0.0173. The van der Waals surface area contributed by atoms with E-state index < -0.39 is 20.7 Å². The van der Waals surface area contributed by atoms with Gasteiger partial charge in [-0.25, -0.2) is 17.8 Å². The number of halogens is 3. The summed E-state index contributed by atoms with van der Waals surface area (Å²) >= 11 is 11.2. The number of aromatic nitrogens is 2. The van der Waals surface area contributed by atoms with Gasteiger partial charge in [-0.2, -0.15) is 4.98 Å². The molecule has 0 amide bonds. The molecule has 10 heteroatoms. The van der Waals surface area contributed by atoms with Crippen LogP contribution < -0.4 is 9.46 Å². The van der Waals surface area contributed by atoms with Crippen molar-refractivity contribution >= 4 is 39.0 Å². The number of hydrogen-bond donors (Lipinski definition) is 1. The molecule has 0 atom stereocenters. The summed E-state index contributed by atoms with van der Waals surface area (Å²) in [6, 6.07) is 3.61. The molecule has 2 rings (SSSR count). The van der Waals surface area contributed by atoms with E-state index in [1.54, 1.807) is 0 Å². The van der Waals surface area contributed by atoms with Crippen LogP contribution in [-0.4, -0.2) is 25.5 Å². The van der Waals surface area contributed by atoms with Crippen molar-refractivity contribution in [3.63, 3.8) is 0 Å². The van der Waals surface area contributed by atoms with Gasteiger partial charge < -0.3 is 4.74 Å². The van der Waals surface area contributed by atoms with E-state index in [4.69, 9.17) is 27.9 Å². The first kappa shape index (κ1) is 15.7. The van der Waals surface area contributed by atoms with E-state index in [2.05, 4.69) is 14.7 Å². The molecule has 0 spiro atoms. The average Bonchev–Trinajstić information content (AvgIpc) is 2.43. The van der Waals surface area contributed by atoms with Gasteiger partial charge in [0.1, 0.15) is 4.90 Å². The molecule has 1 aromatic carbocycles. The largest absolute Gasteiger partial charge is 0.478 e. The van der Waals surface area contributed by atoms with Gasteiger partial charge in [0, 0.05) is 0 Å². The summed E-state index contributed by atoms with van der Waals surface area (Å²) in [6.07, 6.45) is 1.12. The van der Waals surface area contributed by atoms with Crippen molar-refractivity contribution in [1.29, 1.82) is 0 Å². The summed E-state index contributed by atoms with van der Waals surface area (Å²) in [5, 5.41) is -0.296. The molecule has 0 fully saturated rings. The minimum Gasteiger partial charge on any atom is -0.478 e. The van der Waals surface area contributed by atoms with E-state index >= 15 is 0 Å². The highest BCUT2D eigenvalue weighted by molar-refractivity contribution is 7.92. The lowest BCUT2D eigenvalue weighted by Gasteiger charge is -2.11. The van der Waals surface area contributed by atoms with Gasteiger partial charge >= 0.3 is 0 Å². The predicted molar refractivity (Wildman–Crippen MR) is 75.8 cm³/mol. The zero-order valence-corrected chi connectivity index (χ0v) is 12.8. The number of sulfonamides is 1. The Morgan fingerprint density at radius 2 is 2.05 bits per heavy atom. The lowest BCUT2D eigenvalue weighted by Crippen LogP contribution is -2.16. The van der Waals surface area contributed by atoms with Crippen LogP contribution in [0, 0.1) is 5.82 Å². The van der Waals surface area contributed by atoms with E-state index in [9.17, 15) is 12.8 Å². The standard InChI is InChI=1S/C11H8Cl2FN3O3S/c1-20-11-10(15-5-8(13)16-11)17-21(18,19)7-4-2-3-6(12)9(7)14/h2-5H,1H3,(H,15,17). The van der Waals surface area contributed by atoms with Crippen LogP contribution in [0.4, 0.5) is 10.2 Å². The molecule has 0 unspecified atom stereocenters. The number of benzene rings is 1. The first-order chi connectivity index (χ1) is 9.85. The summed E-state index contributed by atoms with van der Waals surface area (Å²) in [4.78, 5) is 6.87. The summed E-state index contributed by atoms with van der Waals surface area (Å²) in [7, 11) is -2.98. The fourth-order valence-electron chi connectivity index (χ4n) is 1.44. The molecule has 1 heterocycles. The zero-order valence-electron chi connectivity index (χ0n) is 10.5. The predicted octanol–water partition coefficient (Wildman–Crippen LogP) is 2.73. The maximum atomic E-state index is 13.8. The molecule has 1 aromatic heterocycles. The van der Waals surface area contributed by atoms with Crippen molar-refractivity contribution in [1.82, 2.24) is 9.97 Å². The number of ether oxygens (including phenoxy) is 1. The van der Waals surface area contributed by atoms with Gasteiger partial charge in [0.2, 0.25) is 5.82 Å². The number of hydrogen-bond acceptors (Lipinski definition) is 5. The van der Waals surface area contributed by atoms with Gasteiger partial charge in [0.05, 0.1) is 18.3 Å². The molecule has 0 saturated carbocycles. The highest BCUT2D eigenvalue weighted by Gasteiger charge is 2.23. The van der Waals surface area contributed by atoms with Gasteiger partial charge in [-0.05, 0) is 12.1 Å². The molecule has 0 aliphatic heterocycles. The van der Waals surface area contributed by atoms with Crippen molar-refractivity contribution in [3.8, 4) is 5.88 Å². The number of nitrogens with zero attached hydrogens (tertiary/aromatic N) is 2. The maximum absolute atomic E-state index is 13.8. The summed E-state index contributed by atoms with van der Waals surface area (Å²) in [5.74, 6) is -1.43. The van der Waals surface area contributed by atoms with Gasteiger partial charge in [0.25, 0.3) is 15.9 Å². The zero-order chi connectivity index (χ0) is 15.6. The third-order valence-corrected chi connectivity index (χ3v) is 4.17. The quantitative estimate of drug-likeness (QED) is 0.915. The van der Waals surface area contributed by atoms with Crippen molar-refractivity contribution < 1.29 is 17.5 Å². The van der Waals surface area contributed by atoms with Crippen molar-refractivity contribution in [2.75, 3.05) is 11.8 Å². The van der Waals surface area contributed by atoms with E-state index in [-0.39, 0.29) is 21.9 Å². The van der Waals surface area contributed by atoms with E-state index in [0.29, 0.717) is 0 Å². The number of anilines is 1. The smallest absolute Gasteiger partial charge is 0.266 e. The molecule has 0 radical (unpaired) electrons. The Labute approximate surface area is 129 Å².